The molecule has 0 aromatic heterocycles. The lowest BCUT2D eigenvalue weighted by molar-refractivity contribution is 1.24. The van der Waals surface area contributed by atoms with Crippen LogP contribution in [0.5, 0.6) is 0 Å². The molecule has 0 aliphatic heterocycles. The summed E-state index contributed by atoms with van der Waals surface area (Å²) < 4.78 is 0. The third kappa shape index (κ3) is 2.77. The molecule has 0 spiro atoms. The van der Waals surface area contributed by atoms with Gasteiger partial charge in [-0.25, -0.2) is 0 Å². The first-order valence-corrected chi connectivity index (χ1v) is 3.95. The molecule has 0 amide bonds. The molecule has 0 N–H and O–H groups in total. The average Bonchev–Trinajstić information content (AvgIpc) is 1.93. The Balaban J connectivity index is 2.74. The van der Waals surface area contributed by atoms with Gasteiger partial charge in [0.15, 0.2) is 0 Å². The van der Waals surface area contributed by atoms with Crippen molar-refractivity contribution in [3.8, 4) is 0 Å². The largest absolute Gasteiger partial charge is 0.0894 e. The number of aryl methyl sites for hydroxylation is 1. The van der Waals surface area contributed by atoms with Crippen LogP contribution in [0.2, 0.25) is 0 Å². The quantitative estimate of drug-likeness (QED) is 0.633. The van der Waals surface area contributed by atoms with E-state index in [1.165, 1.54) is 11.1 Å². The number of hydrogen-bond acceptors (Lipinski definition) is 0. The molecule has 0 aliphatic rings. The Morgan fingerprint density at radius 2 is 1.91 bits per heavy atom. The summed E-state index contributed by atoms with van der Waals surface area (Å²) in [5.41, 5.74) is 2.49. The summed E-state index contributed by atoms with van der Waals surface area (Å²) in [6.45, 7) is 5.71. The fraction of sp³-hybridized carbons (Fsp3) is 0.200. The van der Waals surface area contributed by atoms with E-state index in [0.29, 0.717) is 5.03 Å². The molecular weight excluding hydrogens is 156 g/mol. The molecule has 0 radical (unpaired) electrons. The van der Waals surface area contributed by atoms with E-state index in [4.69, 9.17) is 11.6 Å². The number of allylic oxidation sites excluding steroid dienone is 1. The smallest absolute Gasteiger partial charge is 0.0153 e. The summed E-state index contributed by atoms with van der Waals surface area (Å²) in [6.07, 6.45) is 0.766. The number of benzene rings is 1. The average molecular weight is 167 g/mol. The van der Waals surface area contributed by atoms with E-state index in [2.05, 4.69) is 37.8 Å². The molecule has 0 saturated carbocycles. The second-order valence-electron chi connectivity index (χ2n) is 2.68. The standard InChI is InChI=1S/C10H11Cl/c1-8-3-5-10(6-4-8)7-9(2)11/h3-6H,2,7H2,1H3. The molecule has 0 bridgehead atoms. The summed E-state index contributed by atoms with van der Waals surface area (Å²) in [4.78, 5) is 0. The monoisotopic (exact) mass is 166 g/mol. The SMILES string of the molecule is C=C(Cl)Cc1ccc(C)cc1. The lowest BCUT2D eigenvalue weighted by Crippen LogP contribution is -1.82. The molecule has 0 fully saturated rings. The number of halogens is 1. The van der Waals surface area contributed by atoms with Crippen molar-refractivity contribution in [2.24, 2.45) is 0 Å². The van der Waals surface area contributed by atoms with Gasteiger partial charge in [-0.3, -0.25) is 0 Å². The highest BCUT2D eigenvalue weighted by Crippen LogP contribution is 2.10. The van der Waals surface area contributed by atoms with Crippen molar-refractivity contribution < 1.29 is 0 Å². The highest BCUT2D eigenvalue weighted by atomic mass is 35.5. The van der Waals surface area contributed by atoms with Crippen LogP contribution in [0.4, 0.5) is 0 Å². The van der Waals surface area contributed by atoms with E-state index >= 15 is 0 Å². The summed E-state index contributed by atoms with van der Waals surface area (Å²) >= 11 is 5.66. The molecule has 0 unspecified atom stereocenters. The van der Waals surface area contributed by atoms with Crippen LogP contribution >= 0.6 is 11.6 Å². The van der Waals surface area contributed by atoms with Crippen LogP contribution in [0.3, 0.4) is 0 Å². The topological polar surface area (TPSA) is 0 Å². The van der Waals surface area contributed by atoms with Crippen LogP contribution in [0, 0.1) is 6.92 Å². The van der Waals surface area contributed by atoms with E-state index < -0.39 is 0 Å². The summed E-state index contributed by atoms with van der Waals surface area (Å²) in [7, 11) is 0. The van der Waals surface area contributed by atoms with Crippen LogP contribution in [-0.2, 0) is 6.42 Å². The normalized spacial score (nSPS) is 9.64. The van der Waals surface area contributed by atoms with Gasteiger partial charge in [-0.1, -0.05) is 48.0 Å². The minimum Gasteiger partial charge on any atom is -0.0894 e. The Morgan fingerprint density at radius 3 is 2.36 bits per heavy atom. The van der Waals surface area contributed by atoms with Gasteiger partial charge in [0.25, 0.3) is 0 Å². The first-order valence-electron chi connectivity index (χ1n) is 3.57. The van der Waals surface area contributed by atoms with E-state index in [9.17, 15) is 0 Å². The Morgan fingerprint density at radius 1 is 1.36 bits per heavy atom. The Labute approximate surface area is 72.5 Å². The second kappa shape index (κ2) is 3.59. The van der Waals surface area contributed by atoms with Crippen LogP contribution < -0.4 is 0 Å². The maximum absolute atomic E-state index is 5.66. The van der Waals surface area contributed by atoms with E-state index in [1.807, 2.05) is 0 Å². The Kier molecular flexibility index (Phi) is 2.72. The van der Waals surface area contributed by atoms with Gasteiger partial charge in [0.1, 0.15) is 0 Å². The van der Waals surface area contributed by atoms with Gasteiger partial charge in [0, 0.05) is 11.5 Å². The first kappa shape index (κ1) is 8.35. The third-order valence-electron chi connectivity index (χ3n) is 1.52. The zero-order valence-electron chi connectivity index (χ0n) is 6.60. The molecule has 1 aromatic rings. The lowest BCUT2D eigenvalue weighted by Gasteiger charge is -1.98. The molecule has 1 aromatic carbocycles. The highest BCUT2D eigenvalue weighted by Gasteiger charge is 1.92. The molecular formula is C10H11Cl. The molecule has 0 aliphatic carbocycles. The number of rotatable bonds is 2. The fourth-order valence-electron chi connectivity index (χ4n) is 0.927. The molecule has 0 nitrogen and oxygen atoms in total. The van der Waals surface area contributed by atoms with Gasteiger partial charge in [0.05, 0.1) is 0 Å². The Bertz CT molecular complexity index is 246. The molecule has 0 heterocycles. The first-order chi connectivity index (χ1) is 5.18. The van der Waals surface area contributed by atoms with Crippen molar-refractivity contribution in [2.75, 3.05) is 0 Å². The van der Waals surface area contributed by atoms with E-state index in [-0.39, 0.29) is 0 Å². The maximum atomic E-state index is 5.66. The van der Waals surface area contributed by atoms with Crippen molar-refractivity contribution >= 4 is 11.6 Å². The van der Waals surface area contributed by atoms with Gasteiger partial charge in [-0.05, 0) is 12.5 Å². The van der Waals surface area contributed by atoms with Crippen molar-refractivity contribution in [2.45, 2.75) is 13.3 Å². The summed E-state index contributed by atoms with van der Waals surface area (Å²) in [5.74, 6) is 0. The van der Waals surface area contributed by atoms with Crippen LogP contribution in [0.1, 0.15) is 11.1 Å². The second-order valence-corrected chi connectivity index (χ2v) is 3.21. The van der Waals surface area contributed by atoms with Crippen LogP contribution in [0.25, 0.3) is 0 Å². The molecule has 11 heavy (non-hydrogen) atoms. The van der Waals surface area contributed by atoms with Crippen molar-refractivity contribution in [1.29, 1.82) is 0 Å². The minimum absolute atomic E-state index is 0.689. The van der Waals surface area contributed by atoms with Crippen molar-refractivity contribution in [1.82, 2.24) is 0 Å². The number of hydrogen-bond donors (Lipinski definition) is 0. The fourth-order valence-corrected chi connectivity index (χ4v) is 1.08. The van der Waals surface area contributed by atoms with Crippen LogP contribution in [0.15, 0.2) is 35.9 Å². The predicted octanol–water partition coefficient (Wildman–Crippen LogP) is 3.29. The molecule has 1 rings (SSSR count). The molecule has 0 saturated heterocycles. The molecule has 1 heteroatoms. The highest BCUT2D eigenvalue weighted by molar-refractivity contribution is 6.29. The zero-order valence-corrected chi connectivity index (χ0v) is 7.36. The zero-order chi connectivity index (χ0) is 8.27. The maximum Gasteiger partial charge on any atom is 0.0153 e. The van der Waals surface area contributed by atoms with Gasteiger partial charge in [-0.15, -0.1) is 0 Å². The Hall–Kier alpha value is -0.750. The van der Waals surface area contributed by atoms with Gasteiger partial charge >= 0.3 is 0 Å². The third-order valence-corrected chi connectivity index (χ3v) is 1.65. The molecule has 58 valence electrons. The van der Waals surface area contributed by atoms with Gasteiger partial charge in [-0.2, -0.15) is 0 Å². The van der Waals surface area contributed by atoms with Gasteiger partial charge in [0.2, 0.25) is 0 Å². The van der Waals surface area contributed by atoms with Crippen LogP contribution in [-0.4, -0.2) is 0 Å². The lowest BCUT2D eigenvalue weighted by atomic mass is 10.1. The minimum atomic E-state index is 0.689. The summed E-state index contributed by atoms with van der Waals surface area (Å²) in [5, 5.41) is 0.689. The van der Waals surface area contributed by atoms with Crippen molar-refractivity contribution in [3.05, 3.63) is 47.0 Å². The van der Waals surface area contributed by atoms with E-state index in [0.717, 1.165) is 6.42 Å². The van der Waals surface area contributed by atoms with Gasteiger partial charge < -0.3 is 0 Å². The predicted molar refractivity (Wildman–Crippen MR) is 49.9 cm³/mol. The molecule has 0 atom stereocenters. The summed E-state index contributed by atoms with van der Waals surface area (Å²) in [6, 6.07) is 8.30. The van der Waals surface area contributed by atoms with Crippen molar-refractivity contribution in [3.63, 3.8) is 0 Å². The van der Waals surface area contributed by atoms with E-state index in [1.54, 1.807) is 0 Å².